The van der Waals surface area contributed by atoms with Crippen LogP contribution in [0.4, 0.5) is 0 Å². The van der Waals surface area contributed by atoms with Gasteiger partial charge in [0.05, 0.1) is 0 Å². The van der Waals surface area contributed by atoms with E-state index >= 15 is 0 Å². The fourth-order valence-corrected chi connectivity index (χ4v) is 2.89. The number of unbranched alkanes of at least 4 members (excludes halogenated alkanes) is 2. The average Bonchev–Trinajstić information content (AvgIpc) is 3.08. The fourth-order valence-electron chi connectivity index (χ4n) is 2.89. The largest absolute Gasteiger partial charge is 0.357 e. The Morgan fingerprint density at radius 1 is 1.19 bits per heavy atom. The molecule has 2 rings (SSSR count). The van der Waals surface area contributed by atoms with Gasteiger partial charge in [-0.05, 0) is 25.8 Å². The molecule has 1 aromatic heterocycles. The molecule has 1 unspecified atom stereocenters. The quantitative estimate of drug-likeness (QED) is 0.385. The van der Waals surface area contributed by atoms with Crippen LogP contribution >= 0.6 is 0 Å². The minimum atomic E-state index is 0.420. The lowest BCUT2D eigenvalue weighted by atomic mass is 10.1. The maximum absolute atomic E-state index is 4.74. The molecule has 1 heterocycles. The number of hydrogen-bond acceptors (Lipinski definition) is 2. The molecule has 0 aliphatic rings. The Hall–Kier alpha value is -2.30. The summed E-state index contributed by atoms with van der Waals surface area (Å²) in [5, 5.41) is 6.85. The van der Waals surface area contributed by atoms with Crippen molar-refractivity contribution < 1.29 is 0 Å². The van der Waals surface area contributed by atoms with Gasteiger partial charge < -0.3 is 15.2 Å². The molecule has 0 radical (unpaired) electrons. The molecule has 0 spiro atoms. The molecule has 0 fully saturated rings. The smallest absolute Gasteiger partial charge is 0.191 e. The van der Waals surface area contributed by atoms with Crippen LogP contribution in [0.3, 0.4) is 0 Å². The number of imidazole rings is 1. The highest BCUT2D eigenvalue weighted by molar-refractivity contribution is 5.79. The summed E-state index contributed by atoms with van der Waals surface area (Å²) in [5.41, 5.74) is 1.27. The highest BCUT2D eigenvalue weighted by Crippen LogP contribution is 2.07. The number of aromatic nitrogens is 2. The molecule has 1 aromatic carbocycles. The maximum Gasteiger partial charge on any atom is 0.191 e. The minimum Gasteiger partial charge on any atom is -0.357 e. The van der Waals surface area contributed by atoms with Gasteiger partial charge in [-0.25, -0.2) is 9.98 Å². The van der Waals surface area contributed by atoms with Crippen LogP contribution in [-0.4, -0.2) is 28.1 Å². The highest BCUT2D eigenvalue weighted by Gasteiger charge is 2.07. The Balaban J connectivity index is 1.95. The van der Waals surface area contributed by atoms with Crippen LogP contribution < -0.4 is 10.6 Å². The first kappa shape index (κ1) is 20.0. The molecular weight excluding hydrogens is 322 g/mol. The molecule has 5 nitrogen and oxygen atoms in total. The van der Waals surface area contributed by atoms with E-state index in [4.69, 9.17) is 4.99 Å². The first-order chi connectivity index (χ1) is 12.7. The second kappa shape index (κ2) is 11.3. The van der Waals surface area contributed by atoms with Crippen molar-refractivity contribution >= 4 is 5.96 Å². The number of aliphatic imine (C=N–C) groups is 1. The normalized spacial score (nSPS) is 12.8. The summed E-state index contributed by atoms with van der Waals surface area (Å²) in [6.07, 6.45) is 8.83. The van der Waals surface area contributed by atoms with Crippen LogP contribution in [0.25, 0.3) is 0 Å². The lowest BCUT2D eigenvalue weighted by Crippen LogP contribution is -2.42. The first-order valence-electron chi connectivity index (χ1n) is 9.81. The van der Waals surface area contributed by atoms with E-state index in [-0.39, 0.29) is 0 Å². The maximum atomic E-state index is 4.74. The molecule has 0 saturated carbocycles. The second-order valence-electron chi connectivity index (χ2n) is 6.69. The van der Waals surface area contributed by atoms with Crippen LogP contribution in [0.1, 0.15) is 57.8 Å². The van der Waals surface area contributed by atoms with Crippen LogP contribution in [0.2, 0.25) is 0 Å². The van der Waals surface area contributed by atoms with E-state index < -0.39 is 0 Å². The molecule has 0 bridgehead atoms. The van der Waals surface area contributed by atoms with Gasteiger partial charge in [0.15, 0.2) is 5.96 Å². The Kier molecular flexibility index (Phi) is 8.73. The van der Waals surface area contributed by atoms with Gasteiger partial charge in [0.1, 0.15) is 12.4 Å². The Morgan fingerprint density at radius 2 is 2.00 bits per heavy atom. The number of benzene rings is 1. The van der Waals surface area contributed by atoms with Crippen molar-refractivity contribution in [3.05, 3.63) is 54.1 Å². The fraction of sp³-hybridized carbons (Fsp3) is 0.524. The van der Waals surface area contributed by atoms with E-state index in [1.54, 1.807) is 0 Å². The van der Waals surface area contributed by atoms with E-state index in [9.17, 15) is 0 Å². The topological polar surface area (TPSA) is 54.2 Å². The van der Waals surface area contributed by atoms with Crippen LogP contribution in [-0.2, 0) is 13.1 Å². The summed E-state index contributed by atoms with van der Waals surface area (Å²) in [5.74, 6) is 1.84. The predicted molar refractivity (Wildman–Crippen MR) is 109 cm³/mol. The lowest BCUT2D eigenvalue weighted by molar-refractivity contribution is 0.546. The minimum absolute atomic E-state index is 0.420. The van der Waals surface area contributed by atoms with Crippen molar-refractivity contribution in [3.8, 4) is 0 Å². The van der Waals surface area contributed by atoms with Crippen molar-refractivity contribution in [1.29, 1.82) is 0 Å². The van der Waals surface area contributed by atoms with Crippen molar-refractivity contribution in [2.24, 2.45) is 4.99 Å². The zero-order chi connectivity index (χ0) is 18.6. The van der Waals surface area contributed by atoms with Gasteiger partial charge in [0.25, 0.3) is 0 Å². The molecule has 0 saturated heterocycles. The molecule has 5 heteroatoms. The van der Waals surface area contributed by atoms with Crippen LogP contribution in [0.5, 0.6) is 0 Å². The standard InChI is InChI=1S/C21H33N5/c1-4-6-8-11-18(3)25-21(22-5-2)24-16-20-23-14-15-26(20)17-19-12-9-7-10-13-19/h7,9-10,12-15,18H,4-6,8,11,16-17H2,1-3H3,(H2,22,24,25). The third-order valence-electron chi connectivity index (χ3n) is 4.34. The SMILES string of the molecule is CCCCCC(C)NC(=NCc1nccn1Cc1ccccc1)NCC. The van der Waals surface area contributed by atoms with E-state index in [1.165, 1.54) is 31.2 Å². The molecule has 1 atom stereocenters. The Bertz CT molecular complexity index is 647. The average molecular weight is 356 g/mol. The van der Waals surface area contributed by atoms with Gasteiger partial charge in [-0.1, -0.05) is 56.5 Å². The number of nitrogens with zero attached hydrogens (tertiary/aromatic N) is 3. The second-order valence-corrected chi connectivity index (χ2v) is 6.69. The van der Waals surface area contributed by atoms with Gasteiger partial charge >= 0.3 is 0 Å². The summed E-state index contributed by atoms with van der Waals surface area (Å²) in [6, 6.07) is 10.9. The molecule has 0 aliphatic heterocycles. The van der Waals surface area contributed by atoms with E-state index in [0.29, 0.717) is 12.6 Å². The number of hydrogen-bond donors (Lipinski definition) is 2. The van der Waals surface area contributed by atoms with Gasteiger partial charge in [-0.2, -0.15) is 0 Å². The van der Waals surface area contributed by atoms with E-state index in [2.05, 4.69) is 65.2 Å². The Morgan fingerprint density at radius 3 is 2.73 bits per heavy atom. The molecule has 0 aliphatic carbocycles. The summed E-state index contributed by atoms with van der Waals surface area (Å²) in [6.45, 7) is 8.79. The van der Waals surface area contributed by atoms with Crippen molar-refractivity contribution in [3.63, 3.8) is 0 Å². The third-order valence-corrected chi connectivity index (χ3v) is 4.34. The molecule has 0 amide bonds. The monoisotopic (exact) mass is 355 g/mol. The van der Waals surface area contributed by atoms with Gasteiger partial charge in [0, 0.05) is 31.5 Å². The predicted octanol–water partition coefficient (Wildman–Crippen LogP) is 3.96. The van der Waals surface area contributed by atoms with E-state index in [1.807, 2.05) is 18.5 Å². The van der Waals surface area contributed by atoms with Crippen molar-refractivity contribution in [1.82, 2.24) is 20.2 Å². The summed E-state index contributed by atoms with van der Waals surface area (Å²) >= 11 is 0. The lowest BCUT2D eigenvalue weighted by Gasteiger charge is -2.17. The molecule has 142 valence electrons. The zero-order valence-corrected chi connectivity index (χ0v) is 16.4. The molecule has 2 aromatic rings. The van der Waals surface area contributed by atoms with Crippen molar-refractivity contribution in [2.75, 3.05) is 6.54 Å². The third kappa shape index (κ3) is 6.90. The summed E-state index contributed by atoms with van der Waals surface area (Å²) in [4.78, 5) is 9.22. The van der Waals surface area contributed by atoms with Gasteiger partial charge in [0.2, 0.25) is 0 Å². The van der Waals surface area contributed by atoms with Gasteiger partial charge in [-0.3, -0.25) is 0 Å². The van der Waals surface area contributed by atoms with Crippen LogP contribution in [0, 0.1) is 0 Å². The molecule has 2 N–H and O–H groups in total. The first-order valence-corrected chi connectivity index (χ1v) is 9.81. The molecule has 26 heavy (non-hydrogen) atoms. The van der Waals surface area contributed by atoms with Crippen LogP contribution in [0.15, 0.2) is 47.7 Å². The zero-order valence-electron chi connectivity index (χ0n) is 16.4. The number of rotatable bonds is 10. The van der Waals surface area contributed by atoms with Gasteiger partial charge in [-0.15, -0.1) is 0 Å². The Labute approximate surface area is 158 Å². The number of nitrogens with one attached hydrogen (secondary N) is 2. The highest BCUT2D eigenvalue weighted by atomic mass is 15.2. The van der Waals surface area contributed by atoms with Crippen molar-refractivity contribution in [2.45, 2.75) is 65.6 Å². The number of guanidine groups is 1. The molecular formula is C21H33N5. The van der Waals surface area contributed by atoms with E-state index in [0.717, 1.165) is 24.9 Å². The summed E-state index contributed by atoms with van der Waals surface area (Å²) < 4.78 is 2.16. The summed E-state index contributed by atoms with van der Waals surface area (Å²) in [7, 11) is 0.